The predicted molar refractivity (Wildman–Crippen MR) is 94.5 cm³/mol. The molecule has 25 heavy (non-hydrogen) atoms. The Bertz CT molecular complexity index is 717. The molecule has 0 aromatic heterocycles. The van der Waals surface area contributed by atoms with E-state index in [1.807, 2.05) is 11.9 Å². The molecular formula is C15H24N4O5S. The van der Waals surface area contributed by atoms with Crippen LogP contribution in [-0.2, 0) is 14.8 Å². The number of sulfonamides is 1. The minimum absolute atomic E-state index is 0.125. The number of hydrogen-bond acceptors (Lipinski definition) is 7. The summed E-state index contributed by atoms with van der Waals surface area (Å²) in [6.07, 6.45) is 0. The van der Waals surface area contributed by atoms with Crippen molar-refractivity contribution >= 4 is 21.4 Å². The van der Waals surface area contributed by atoms with Crippen LogP contribution >= 0.6 is 0 Å². The third-order valence-corrected chi connectivity index (χ3v) is 5.66. The molecule has 1 saturated heterocycles. The summed E-state index contributed by atoms with van der Waals surface area (Å²) >= 11 is 0. The number of nitrogens with one attached hydrogen (secondary N) is 1. The Balaban J connectivity index is 2.31. The van der Waals surface area contributed by atoms with E-state index in [4.69, 9.17) is 4.74 Å². The van der Waals surface area contributed by atoms with E-state index in [1.54, 1.807) is 6.92 Å². The van der Waals surface area contributed by atoms with Gasteiger partial charge in [-0.3, -0.25) is 10.1 Å². The molecule has 0 unspecified atom stereocenters. The van der Waals surface area contributed by atoms with Gasteiger partial charge in [0.15, 0.2) is 0 Å². The summed E-state index contributed by atoms with van der Waals surface area (Å²) in [5.41, 5.74) is 0.244. The predicted octanol–water partition coefficient (Wildman–Crippen LogP) is 0.660. The fourth-order valence-corrected chi connectivity index (χ4v) is 4.00. The van der Waals surface area contributed by atoms with Gasteiger partial charge in [0.2, 0.25) is 10.0 Å². The van der Waals surface area contributed by atoms with Crippen molar-refractivity contribution in [1.82, 2.24) is 9.62 Å². The zero-order chi connectivity index (χ0) is 18.6. The Kier molecular flexibility index (Phi) is 6.33. The normalized spacial score (nSPS) is 17.5. The van der Waals surface area contributed by atoms with Crippen LogP contribution in [0.15, 0.2) is 23.1 Å². The maximum atomic E-state index is 12.4. The highest BCUT2D eigenvalue weighted by Gasteiger charge is 2.26. The highest BCUT2D eigenvalue weighted by Crippen LogP contribution is 2.31. The van der Waals surface area contributed by atoms with Gasteiger partial charge in [0.25, 0.3) is 5.69 Å². The third kappa shape index (κ3) is 4.88. The first kappa shape index (κ1) is 19.6. The molecule has 0 amide bonds. The highest BCUT2D eigenvalue weighted by atomic mass is 32.2. The fraction of sp³-hybridized carbons (Fsp3) is 0.600. The number of likely N-dealkylation sites (N-methyl/N-ethyl adjacent to an activating group) is 1. The summed E-state index contributed by atoms with van der Waals surface area (Å²) in [6.45, 7) is 4.79. The van der Waals surface area contributed by atoms with Crippen molar-refractivity contribution in [3.8, 4) is 0 Å². The van der Waals surface area contributed by atoms with E-state index in [0.717, 1.165) is 19.2 Å². The van der Waals surface area contributed by atoms with Crippen LogP contribution in [0, 0.1) is 10.1 Å². The molecule has 1 aromatic rings. The van der Waals surface area contributed by atoms with Gasteiger partial charge in [0, 0.05) is 45.4 Å². The molecule has 0 spiro atoms. The minimum atomic E-state index is -3.86. The molecule has 1 aromatic carbocycles. The smallest absolute Gasteiger partial charge is 0.293 e. The van der Waals surface area contributed by atoms with Crippen LogP contribution in [-0.4, -0.2) is 71.2 Å². The fourth-order valence-electron chi connectivity index (χ4n) is 2.75. The van der Waals surface area contributed by atoms with Crippen molar-refractivity contribution in [3.63, 3.8) is 0 Å². The lowest BCUT2D eigenvalue weighted by Gasteiger charge is -2.33. The Morgan fingerprint density at radius 3 is 2.52 bits per heavy atom. The zero-order valence-corrected chi connectivity index (χ0v) is 15.5. The van der Waals surface area contributed by atoms with Crippen LogP contribution < -0.4 is 9.62 Å². The number of piperazine rings is 1. The summed E-state index contributed by atoms with van der Waals surface area (Å²) in [5.74, 6) is 0. The molecular weight excluding hydrogens is 348 g/mol. The van der Waals surface area contributed by atoms with Crippen LogP contribution in [0.25, 0.3) is 0 Å². The summed E-state index contributed by atoms with van der Waals surface area (Å²) in [4.78, 5) is 14.9. The van der Waals surface area contributed by atoms with Gasteiger partial charge in [-0.1, -0.05) is 0 Å². The molecule has 1 heterocycles. The number of hydrogen-bond donors (Lipinski definition) is 1. The molecule has 9 nitrogen and oxygen atoms in total. The van der Waals surface area contributed by atoms with Crippen molar-refractivity contribution in [1.29, 1.82) is 0 Å². The molecule has 2 rings (SSSR count). The van der Waals surface area contributed by atoms with Crippen LogP contribution in [0.2, 0.25) is 0 Å². The summed E-state index contributed by atoms with van der Waals surface area (Å²) in [5, 5.41) is 11.5. The number of methoxy groups -OCH3 is 1. The number of nitro groups is 1. The number of nitro benzene ring substituents is 1. The van der Waals surface area contributed by atoms with Gasteiger partial charge >= 0.3 is 0 Å². The molecule has 1 atom stereocenters. The molecule has 0 aliphatic carbocycles. The van der Waals surface area contributed by atoms with Crippen LogP contribution in [0.3, 0.4) is 0 Å². The van der Waals surface area contributed by atoms with Crippen molar-refractivity contribution in [2.75, 3.05) is 51.8 Å². The number of nitrogens with zero attached hydrogens (tertiary/aromatic N) is 3. The average Bonchev–Trinajstić information content (AvgIpc) is 2.54. The lowest BCUT2D eigenvalue weighted by Crippen LogP contribution is -2.44. The number of anilines is 1. The van der Waals surface area contributed by atoms with Gasteiger partial charge in [0.05, 0.1) is 16.4 Å². The maximum Gasteiger partial charge on any atom is 0.293 e. The molecule has 0 bridgehead atoms. The Hall–Kier alpha value is -1.75. The molecule has 0 saturated carbocycles. The summed E-state index contributed by atoms with van der Waals surface area (Å²) < 4.78 is 32.2. The van der Waals surface area contributed by atoms with Crippen LogP contribution in [0.1, 0.15) is 6.92 Å². The van der Waals surface area contributed by atoms with Crippen LogP contribution in [0.4, 0.5) is 11.4 Å². The van der Waals surface area contributed by atoms with Gasteiger partial charge in [-0.2, -0.15) is 0 Å². The lowest BCUT2D eigenvalue weighted by atomic mass is 10.2. The largest absolute Gasteiger partial charge is 0.383 e. The second-order valence-electron chi connectivity index (χ2n) is 6.18. The second-order valence-corrected chi connectivity index (χ2v) is 7.89. The Labute approximate surface area is 147 Å². The SMILES string of the molecule is COC[C@H](C)NS(=O)(=O)c1ccc(N2CCN(C)CC2)c([N+](=O)[O-])c1. The van der Waals surface area contributed by atoms with Crippen molar-refractivity contribution < 1.29 is 18.1 Å². The van der Waals surface area contributed by atoms with Gasteiger partial charge in [-0.15, -0.1) is 0 Å². The van der Waals surface area contributed by atoms with Crippen molar-refractivity contribution in [2.45, 2.75) is 17.9 Å². The Morgan fingerprint density at radius 2 is 1.96 bits per heavy atom. The Morgan fingerprint density at radius 1 is 1.32 bits per heavy atom. The van der Waals surface area contributed by atoms with E-state index in [9.17, 15) is 18.5 Å². The monoisotopic (exact) mass is 372 g/mol. The lowest BCUT2D eigenvalue weighted by molar-refractivity contribution is -0.384. The number of benzene rings is 1. The average molecular weight is 372 g/mol. The molecule has 1 N–H and O–H groups in total. The van der Waals surface area contributed by atoms with E-state index in [-0.39, 0.29) is 17.2 Å². The van der Waals surface area contributed by atoms with E-state index in [2.05, 4.69) is 9.62 Å². The first-order chi connectivity index (χ1) is 11.7. The van der Waals surface area contributed by atoms with Gasteiger partial charge in [-0.25, -0.2) is 13.1 Å². The maximum absolute atomic E-state index is 12.4. The van der Waals surface area contributed by atoms with E-state index >= 15 is 0 Å². The van der Waals surface area contributed by atoms with Crippen molar-refractivity contribution in [3.05, 3.63) is 28.3 Å². The van der Waals surface area contributed by atoms with Crippen molar-refractivity contribution in [2.24, 2.45) is 0 Å². The van der Waals surface area contributed by atoms with Gasteiger partial charge in [-0.05, 0) is 26.1 Å². The topological polar surface area (TPSA) is 105 Å². The second kappa shape index (κ2) is 8.09. The van der Waals surface area contributed by atoms with Crippen LogP contribution in [0.5, 0.6) is 0 Å². The molecule has 1 aliphatic heterocycles. The van der Waals surface area contributed by atoms with Gasteiger partial charge in [0.1, 0.15) is 5.69 Å². The quantitative estimate of drug-likeness (QED) is 0.554. The minimum Gasteiger partial charge on any atom is -0.383 e. The summed E-state index contributed by atoms with van der Waals surface area (Å²) in [7, 11) is -0.388. The summed E-state index contributed by atoms with van der Waals surface area (Å²) in [6, 6.07) is 3.60. The molecule has 1 fully saturated rings. The first-order valence-electron chi connectivity index (χ1n) is 7.98. The highest BCUT2D eigenvalue weighted by molar-refractivity contribution is 7.89. The molecule has 1 aliphatic rings. The molecule has 140 valence electrons. The van der Waals surface area contributed by atoms with E-state index in [1.165, 1.54) is 19.2 Å². The van der Waals surface area contributed by atoms with E-state index < -0.39 is 21.0 Å². The molecule has 0 radical (unpaired) electrons. The van der Waals surface area contributed by atoms with Gasteiger partial charge < -0.3 is 14.5 Å². The van der Waals surface area contributed by atoms with E-state index in [0.29, 0.717) is 18.8 Å². The standard InChI is InChI=1S/C15H24N4O5S/c1-12(11-24-3)16-25(22,23)13-4-5-14(15(10-13)19(20)21)18-8-6-17(2)7-9-18/h4-5,10,12,16H,6-9,11H2,1-3H3/t12-/m0/s1. The third-order valence-electron chi connectivity index (χ3n) is 4.07. The zero-order valence-electron chi connectivity index (χ0n) is 14.6. The number of ether oxygens (including phenoxy) is 1. The molecule has 10 heteroatoms. The first-order valence-corrected chi connectivity index (χ1v) is 9.46. The number of rotatable bonds is 7.